The first-order chi connectivity index (χ1) is 14.1. The fraction of sp³-hybridized carbons (Fsp3) is 0.273. The molecule has 0 bridgehead atoms. The van der Waals surface area contributed by atoms with Crippen LogP contribution in [0.3, 0.4) is 0 Å². The van der Waals surface area contributed by atoms with Gasteiger partial charge in [-0.3, -0.25) is 9.59 Å². The van der Waals surface area contributed by atoms with Crippen molar-refractivity contribution in [3.63, 3.8) is 0 Å². The third-order valence-electron chi connectivity index (χ3n) is 4.54. The second-order valence-corrected chi connectivity index (χ2v) is 6.86. The van der Waals surface area contributed by atoms with Gasteiger partial charge in [0.15, 0.2) is 18.1 Å². The zero-order valence-corrected chi connectivity index (χ0v) is 16.0. The second-order valence-electron chi connectivity index (χ2n) is 6.86. The lowest BCUT2D eigenvalue weighted by Gasteiger charge is -2.10. The van der Waals surface area contributed by atoms with Crippen LogP contribution in [0.15, 0.2) is 47.1 Å². The maximum absolute atomic E-state index is 12.1. The van der Waals surface area contributed by atoms with Crippen molar-refractivity contribution in [2.45, 2.75) is 19.8 Å². The number of furan rings is 1. The predicted octanol–water partition coefficient (Wildman–Crippen LogP) is 3.63. The molecule has 1 aromatic heterocycles. The molecule has 0 saturated heterocycles. The van der Waals surface area contributed by atoms with E-state index in [1.165, 1.54) is 0 Å². The first-order valence-corrected chi connectivity index (χ1v) is 9.40. The quantitative estimate of drug-likeness (QED) is 0.664. The minimum atomic E-state index is -0.498. The first kappa shape index (κ1) is 18.9. The summed E-state index contributed by atoms with van der Waals surface area (Å²) in [6.45, 7) is 2.75. The Labute approximate surface area is 167 Å². The largest absolute Gasteiger partial charge is 0.490 e. The van der Waals surface area contributed by atoms with Gasteiger partial charge in [0.1, 0.15) is 5.58 Å². The lowest BCUT2D eigenvalue weighted by Crippen LogP contribution is -2.21. The second kappa shape index (κ2) is 8.26. The van der Waals surface area contributed by atoms with E-state index in [9.17, 15) is 9.59 Å². The fourth-order valence-corrected chi connectivity index (χ4v) is 3.12. The highest BCUT2D eigenvalue weighted by molar-refractivity contribution is 5.93. The van der Waals surface area contributed by atoms with E-state index in [4.69, 9.17) is 18.6 Å². The van der Waals surface area contributed by atoms with E-state index in [1.807, 2.05) is 25.1 Å². The van der Waals surface area contributed by atoms with Crippen LogP contribution in [-0.2, 0) is 20.7 Å². The predicted molar refractivity (Wildman–Crippen MR) is 106 cm³/mol. The van der Waals surface area contributed by atoms with Crippen molar-refractivity contribution in [3.05, 3.63) is 53.8 Å². The van der Waals surface area contributed by atoms with E-state index in [-0.39, 0.29) is 13.0 Å². The highest BCUT2D eigenvalue weighted by atomic mass is 16.5. The van der Waals surface area contributed by atoms with Crippen LogP contribution in [0.1, 0.15) is 17.5 Å². The van der Waals surface area contributed by atoms with Crippen molar-refractivity contribution >= 4 is 28.5 Å². The molecule has 1 N–H and O–H groups in total. The number of anilines is 1. The normalized spacial score (nSPS) is 13.0. The van der Waals surface area contributed by atoms with Gasteiger partial charge in [0.05, 0.1) is 25.9 Å². The maximum Gasteiger partial charge on any atom is 0.310 e. The average Bonchev–Trinajstić information content (AvgIpc) is 2.93. The number of fused-ring (bicyclic) bond motifs is 2. The van der Waals surface area contributed by atoms with Crippen molar-refractivity contribution in [1.29, 1.82) is 0 Å². The zero-order chi connectivity index (χ0) is 20.2. The number of hydrogen-bond acceptors (Lipinski definition) is 6. The minimum absolute atomic E-state index is 0.0351. The van der Waals surface area contributed by atoms with Crippen molar-refractivity contribution < 1.29 is 28.2 Å². The third-order valence-corrected chi connectivity index (χ3v) is 4.54. The van der Waals surface area contributed by atoms with Crippen molar-refractivity contribution in [3.8, 4) is 11.5 Å². The summed E-state index contributed by atoms with van der Waals surface area (Å²) in [4.78, 5) is 24.3. The Morgan fingerprint density at radius 3 is 2.76 bits per heavy atom. The van der Waals surface area contributed by atoms with Crippen LogP contribution >= 0.6 is 0 Å². The average molecular weight is 395 g/mol. The lowest BCUT2D eigenvalue weighted by atomic mass is 10.1. The van der Waals surface area contributed by atoms with Crippen LogP contribution in [0.5, 0.6) is 11.5 Å². The van der Waals surface area contributed by atoms with Gasteiger partial charge in [-0.15, -0.1) is 0 Å². The van der Waals surface area contributed by atoms with Gasteiger partial charge in [0.2, 0.25) is 0 Å². The van der Waals surface area contributed by atoms with E-state index in [0.29, 0.717) is 30.4 Å². The number of esters is 1. The molecule has 0 spiro atoms. The van der Waals surface area contributed by atoms with Crippen LogP contribution < -0.4 is 14.8 Å². The summed E-state index contributed by atoms with van der Waals surface area (Å²) in [6, 6.07) is 10.9. The van der Waals surface area contributed by atoms with Crippen LogP contribution in [-0.4, -0.2) is 31.7 Å². The SMILES string of the molecule is Cc1ccc2c(CC(=O)OCC(=O)Nc3ccc4c(c3)OCCCO4)coc2c1. The molecule has 0 radical (unpaired) electrons. The molecule has 150 valence electrons. The number of carbonyl (C=O) groups excluding carboxylic acids is 2. The van der Waals surface area contributed by atoms with Gasteiger partial charge < -0.3 is 23.9 Å². The molecule has 29 heavy (non-hydrogen) atoms. The molecule has 2 aromatic carbocycles. The molecule has 0 unspecified atom stereocenters. The number of benzene rings is 2. The Hall–Kier alpha value is -3.48. The number of ether oxygens (including phenoxy) is 3. The number of aryl methyl sites for hydroxylation is 1. The molecule has 0 fully saturated rings. The van der Waals surface area contributed by atoms with E-state index in [0.717, 1.165) is 28.5 Å². The molecule has 0 aliphatic carbocycles. The van der Waals surface area contributed by atoms with Crippen LogP contribution in [0.25, 0.3) is 11.0 Å². The zero-order valence-electron chi connectivity index (χ0n) is 16.0. The maximum atomic E-state index is 12.1. The summed E-state index contributed by atoms with van der Waals surface area (Å²) in [5, 5.41) is 3.56. The van der Waals surface area contributed by atoms with Gasteiger partial charge in [-0.2, -0.15) is 0 Å². The lowest BCUT2D eigenvalue weighted by molar-refractivity contribution is -0.146. The van der Waals surface area contributed by atoms with Crippen LogP contribution in [0, 0.1) is 6.92 Å². The monoisotopic (exact) mass is 395 g/mol. The molecule has 3 aromatic rings. The fourth-order valence-electron chi connectivity index (χ4n) is 3.12. The highest BCUT2D eigenvalue weighted by Crippen LogP contribution is 2.32. The van der Waals surface area contributed by atoms with E-state index in [1.54, 1.807) is 24.5 Å². The smallest absolute Gasteiger partial charge is 0.310 e. The molecule has 1 aliphatic heterocycles. The van der Waals surface area contributed by atoms with Gasteiger partial charge in [-0.05, 0) is 30.7 Å². The Morgan fingerprint density at radius 2 is 1.90 bits per heavy atom. The Kier molecular flexibility index (Phi) is 5.37. The summed E-state index contributed by atoms with van der Waals surface area (Å²) >= 11 is 0. The number of carbonyl (C=O) groups is 2. The number of amides is 1. The molecule has 7 nitrogen and oxygen atoms in total. The third kappa shape index (κ3) is 4.51. The van der Waals surface area contributed by atoms with E-state index in [2.05, 4.69) is 5.32 Å². The first-order valence-electron chi connectivity index (χ1n) is 9.40. The summed E-state index contributed by atoms with van der Waals surface area (Å²) in [5.74, 6) is 0.302. The molecule has 1 amide bonds. The minimum Gasteiger partial charge on any atom is -0.490 e. The molecule has 7 heteroatoms. The summed E-state index contributed by atoms with van der Waals surface area (Å²) in [5.41, 5.74) is 3.08. The van der Waals surface area contributed by atoms with Crippen molar-refractivity contribution in [2.24, 2.45) is 0 Å². The Morgan fingerprint density at radius 1 is 1.07 bits per heavy atom. The summed E-state index contributed by atoms with van der Waals surface area (Å²) < 4.78 is 21.7. The highest BCUT2D eigenvalue weighted by Gasteiger charge is 2.15. The number of nitrogens with one attached hydrogen (secondary N) is 1. The van der Waals surface area contributed by atoms with Gasteiger partial charge in [0, 0.05) is 29.1 Å². The van der Waals surface area contributed by atoms with Crippen LogP contribution in [0.2, 0.25) is 0 Å². The van der Waals surface area contributed by atoms with Gasteiger partial charge in [-0.1, -0.05) is 12.1 Å². The molecule has 1 aliphatic rings. The molecular formula is C22H21NO6. The van der Waals surface area contributed by atoms with Crippen molar-refractivity contribution in [1.82, 2.24) is 0 Å². The Bertz CT molecular complexity index is 1050. The van der Waals surface area contributed by atoms with Crippen molar-refractivity contribution in [2.75, 3.05) is 25.1 Å². The molecule has 4 rings (SSSR count). The van der Waals surface area contributed by atoms with Gasteiger partial charge >= 0.3 is 5.97 Å². The number of rotatable bonds is 5. The van der Waals surface area contributed by atoms with E-state index >= 15 is 0 Å². The standard InChI is InChI=1S/C22H21NO6/c1-14-3-5-17-15(12-28-19(17)9-14)10-22(25)29-13-21(24)23-16-4-6-18-20(11-16)27-8-2-7-26-18/h3-6,9,11-12H,2,7-8,10,13H2,1H3,(H,23,24). The molecule has 0 saturated carbocycles. The summed E-state index contributed by atoms with van der Waals surface area (Å²) in [6.07, 6.45) is 2.38. The van der Waals surface area contributed by atoms with E-state index < -0.39 is 11.9 Å². The summed E-state index contributed by atoms with van der Waals surface area (Å²) in [7, 11) is 0. The molecule has 0 atom stereocenters. The topological polar surface area (TPSA) is 87.0 Å². The molecule has 2 heterocycles. The van der Waals surface area contributed by atoms with Gasteiger partial charge in [-0.25, -0.2) is 0 Å². The Balaban J connectivity index is 1.31. The van der Waals surface area contributed by atoms with Crippen LogP contribution in [0.4, 0.5) is 5.69 Å². The van der Waals surface area contributed by atoms with Gasteiger partial charge in [0.25, 0.3) is 5.91 Å². The number of hydrogen-bond donors (Lipinski definition) is 1. The molecular weight excluding hydrogens is 374 g/mol.